The number of esters is 1. The molecule has 254 valence electrons. The number of carbonyl (C=O) groups is 4. The molecule has 0 aromatic heterocycles. The quantitative estimate of drug-likeness (QED) is 0.213. The topological polar surface area (TPSA) is 114 Å². The van der Waals surface area contributed by atoms with Gasteiger partial charge in [0.1, 0.15) is 29.3 Å². The van der Waals surface area contributed by atoms with E-state index in [-0.39, 0.29) is 18.4 Å². The molecule has 0 aliphatic heterocycles. The molecule has 0 saturated heterocycles. The maximum atomic E-state index is 14.7. The fourth-order valence-electron chi connectivity index (χ4n) is 5.41. The third-order valence-electron chi connectivity index (χ3n) is 8.10. The molecule has 9 heteroatoms. The first kappa shape index (κ1) is 37.1. The van der Waals surface area contributed by atoms with Crippen LogP contribution in [0.1, 0.15) is 104 Å². The number of hydrogen-bond acceptors (Lipinski definition) is 6. The molecular formula is C38H51N3O6. The Morgan fingerprint density at radius 1 is 0.915 bits per heavy atom. The van der Waals surface area contributed by atoms with Crippen LogP contribution in [0.25, 0.3) is 0 Å². The van der Waals surface area contributed by atoms with Crippen LogP contribution in [-0.4, -0.2) is 58.1 Å². The maximum absolute atomic E-state index is 14.7. The Hall–Kier alpha value is -4.32. The lowest BCUT2D eigenvalue weighted by atomic mass is 9.86. The van der Waals surface area contributed by atoms with Gasteiger partial charge in [-0.05, 0) is 83.9 Å². The zero-order valence-corrected chi connectivity index (χ0v) is 29.1. The molecule has 0 heterocycles. The number of rotatable bonds is 12. The molecule has 1 aliphatic carbocycles. The lowest BCUT2D eigenvalue weighted by molar-refractivity contribution is -0.159. The average molecular weight is 646 g/mol. The van der Waals surface area contributed by atoms with Crippen LogP contribution in [0.2, 0.25) is 0 Å². The molecule has 2 aromatic rings. The molecule has 2 N–H and O–H groups in total. The summed E-state index contributed by atoms with van der Waals surface area (Å²) in [4.78, 5) is 57.5. The Balaban J connectivity index is 2.12. The highest BCUT2D eigenvalue weighted by Gasteiger charge is 2.44. The molecule has 9 nitrogen and oxygen atoms in total. The minimum atomic E-state index is -1.19. The Kier molecular flexibility index (Phi) is 12.6. The molecule has 3 amide bonds. The highest BCUT2D eigenvalue weighted by Crippen LogP contribution is 2.36. The van der Waals surface area contributed by atoms with Crippen molar-refractivity contribution in [3.8, 4) is 12.3 Å². The Labute approximate surface area is 280 Å². The Morgan fingerprint density at radius 3 is 2.04 bits per heavy atom. The van der Waals surface area contributed by atoms with Crippen LogP contribution in [0.5, 0.6) is 0 Å². The minimum Gasteiger partial charge on any atom is -0.458 e. The standard InChI is InChI=1S/C38H51N3O6/c1-10-25(3)31(40-36(45)47-38(7,8)9)34(43)41(28-21-17-22-28)32(29-23-16-15-20-27(29)11-2)33(42)39-30(35(44)46-37(4,5)6)24-26-18-13-12-14-19-26/h2,12-16,18-20,23,25,28,30-32H,10,17,21-22,24H2,1,3-9H3,(H,39,42)(H,40,45). The van der Waals surface area contributed by atoms with Gasteiger partial charge in [0.05, 0.1) is 0 Å². The van der Waals surface area contributed by atoms with E-state index in [0.29, 0.717) is 30.4 Å². The molecule has 1 aliphatic rings. The van der Waals surface area contributed by atoms with E-state index in [1.807, 2.05) is 44.2 Å². The van der Waals surface area contributed by atoms with Gasteiger partial charge in [-0.1, -0.05) is 74.7 Å². The Morgan fingerprint density at radius 2 is 1.51 bits per heavy atom. The molecule has 4 atom stereocenters. The van der Waals surface area contributed by atoms with Gasteiger partial charge in [-0.25, -0.2) is 9.59 Å². The molecule has 0 radical (unpaired) electrons. The van der Waals surface area contributed by atoms with Gasteiger partial charge in [-0.3, -0.25) is 9.59 Å². The van der Waals surface area contributed by atoms with Crippen LogP contribution in [-0.2, 0) is 30.3 Å². The van der Waals surface area contributed by atoms with Crippen molar-refractivity contribution in [2.45, 2.75) is 123 Å². The second-order valence-corrected chi connectivity index (χ2v) is 14.3. The van der Waals surface area contributed by atoms with E-state index in [4.69, 9.17) is 15.9 Å². The molecule has 3 rings (SSSR count). The summed E-state index contributed by atoms with van der Waals surface area (Å²) in [6.45, 7) is 14.4. The molecule has 1 fully saturated rings. The van der Waals surface area contributed by atoms with Crippen LogP contribution in [0.3, 0.4) is 0 Å². The van der Waals surface area contributed by atoms with Gasteiger partial charge >= 0.3 is 12.1 Å². The average Bonchev–Trinajstić information content (AvgIpc) is 2.96. The lowest BCUT2D eigenvalue weighted by Crippen LogP contribution is -2.60. The van der Waals surface area contributed by atoms with E-state index in [0.717, 1.165) is 12.0 Å². The predicted molar refractivity (Wildman–Crippen MR) is 182 cm³/mol. The van der Waals surface area contributed by atoms with Crippen molar-refractivity contribution in [1.82, 2.24) is 15.5 Å². The smallest absolute Gasteiger partial charge is 0.408 e. The monoisotopic (exact) mass is 645 g/mol. The number of benzene rings is 2. The van der Waals surface area contributed by atoms with Crippen LogP contribution in [0, 0.1) is 18.3 Å². The first-order valence-corrected chi connectivity index (χ1v) is 16.5. The summed E-state index contributed by atoms with van der Waals surface area (Å²) in [5.74, 6) is 0.807. The summed E-state index contributed by atoms with van der Waals surface area (Å²) < 4.78 is 11.3. The molecule has 4 unspecified atom stereocenters. The number of ether oxygens (including phenoxy) is 2. The van der Waals surface area contributed by atoms with Crippen LogP contribution >= 0.6 is 0 Å². The highest BCUT2D eigenvalue weighted by molar-refractivity contribution is 5.94. The van der Waals surface area contributed by atoms with Crippen molar-refractivity contribution in [1.29, 1.82) is 0 Å². The highest BCUT2D eigenvalue weighted by atomic mass is 16.6. The SMILES string of the molecule is C#Cc1ccccc1C(C(=O)NC(Cc1ccccc1)C(=O)OC(C)(C)C)N(C(=O)C(NC(=O)OC(C)(C)C)C(C)CC)C1CCC1. The van der Waals surface area contributed by atoms with Crippen LogP contribution < -0.4 is 10.6 Å². The van der Waals surface area contributed by atoms with E-state index < -0.39 is 53.2 Å². The van der Waals surface area contributed by atoms with Crippen molar-refractivity contribution < 1.29 is 28.7 Å². The van der Waals surface area contributed by atoms with Gasteiger partial charge < -0.3 is 25.0 Å². The van der Waals surface area contributed by atoms with E-state index in [9.17, 15) is 19.2 Å². The van der Waals surface area contributed by atoms with Crippen molar-refractivity contribution in [2.75, 3.05) is 0 Å². The fraction of sp³-hybridized carbons (Fsp3) is 0.526. The number of terminal acetylenes is 1. The van der Waals surface area contributed by atoms with Gasteiger partial charge in [-0.15, -0.1) is 6.42 Å². The summed E-state index contributed by atoms with van der Waals surface area (Å²) in [5, 5.41) is 5.74. The summed E-state index contributed by atoms with van der Waals surface area (Å²) in [7, 11) is 0. The zero-order valence-electron chi connectivity index (χ0n) is 29.1. The molecule has 0 bridgehead atoms. The molecular weight excluding hydrogens is 594 g/mol. The number of nitrogens with zero attached hydrogens (tertiary/aromatic N) is 1. The number of carbonyl (C=O) groups excluding carboxylic acids is 4. The Bertz CT molecular complexity index is 1430. The minimum absolute atomic E-state index is 0.179. The molecule has 47 heavy (non-hydrogen) atoms. The number of nitrogens with one attached hydrogen (secondary N) is 2. The predicted octanol–water partition coefficient (Wildman–Crippen LogP) is 6.10. The zero-order chi connectivity index (χ0) is 34.9. The molecule has 0 spiro atoms. The third kappa shape index (κ3) is 10.6. The summed E-state index contributed by atoms with van der Waals surface area (Å²) in [5.41, 5.74) is 0.161. The van der Waals surface area contributed by atoms with Gasteiger partial charge in [-0.2, -0.15) is 0 Å². The van der Waals surface area contributed by atoms with Gasteiger partial charge in [0.15, 0.2) is 0 Å². The van der Waals surface area contributed by atoms with Crippen molar-refractivity contribution >= 4 is 23.9 Å². The van der Waals surface area contributed by atoms with E-state index in [1.54, 1.807) is 70.7 Å². The maximum Gasteiger partial charge on any atom is 0.408 e. The van der Waals surface area contributed by atoms with Gasteiger partial charge in [0.25, 0.3) is 0 Å². The van der Waals surface area contributed by atoms with E-state index in [2.05, 4.69) is 16.6 Å². The van der Waals surface area contributed by atoms with Gasteiger partial charge in [0, 0.05) is 18.0 Å². The fourth-order valence-corrected chi connectivity index (χ4v) is 5.41. The van der Waals surface area contributed by atoms with E-state index in [1.165, 1.54) is 0 Å². The first-order valence-electron chi connectivity index (χ1n) is 16.5. The van der Waals surface area contributed by atoms with Crippen LogP contribution in [0.15, 0.2) is 54.6 Å². The molecule has 1 saturated carbocycles. The summed E-state index contributed by atoms with van der Waals surface area (Å²) in [6.07, 6.45) is 8.20. The van der Waals surface area contributed by atoms with Crippen molar-refractivity contribution in [3.63, 3.8) is 0 Å². The largest absolute Gasteiger partial charge is 0.458 e. The summed E-state index contributed by atoms with van der Waals surface area (Å²) >= 11 is 0. The molecule has 2 aromatic carbocycles. The van der Waals surface area contributed by atoms with E-state index >= 15 is 0 Å². The number of alkyl carbamates (subject to hydrolysis) is 1. The first-order chi connectivity index (χ1) is 22.0. The van der Waals surface area contributed by atoms with Crippen LogP contribution in [0.4, 0.5) is 4.79 Å². The summed E-state index contributed by atoms with van der Waals surface area (Å²) in [6, 6.07) is 12.8. The van der Waals surface area contributed by atoms with Crippen molar-refractivity contribution in [3.05, 3.63) is 71.3 Å². The second kappa shape index (κ2) is 16.0. The van der Waals surface area contributed by atoms with Crippen molar-refractivity contribution in [2.24, 2.45) is 5.92 Å². The van der Waals surface area contributed by atoms with Gasteiger partial charge in [0.2, 0.25) is 11.8 Å². The third-order valence-corrected chi connectivity index (χ3v) is 8.10. The second-order valence-electron chi connectivity index (χ2n) is 14.3. The normalized spacial score (nSPS) is 15.9. The lowest BCUT2D eigenvalue weighted by Gasteiger charge is -2.44. The number of amides is 3. The number of hydrogen-bond donors (Lipinski definition) is 2.